The Labute approximate surface area is 127 Å². The van der Waals surface area contributed by atoms with Crippen molar-refractivity contribution >= 4 is 6.21 Å². The Hall–Kier alpha value is -2.09. The quantitative estimate of drug-likeness (QED) is 0.798. The third kappa shape index (κ3) is 3.94. The lowest BCUT2D eigenvalue weighted by Gasteiger charge is -2.24. The smallest absolute Gasteiger partial charge is 0.131 e. The molecular formula is C19H23NO. The molecule has 2 nitrogen and oxygen atoms in total. The average Bonchev–Trinajstić information content (AvgIpc) is 2.47. The molecule has 0 aromatic heterocycles. The number of nitrogens with one attached hydrogen (secondary N) is 1. The minimum absolute atomic E-state index is 0.00109. The largest absolute Gasteiger partial charge is 0.492 e. The molecule has 0 radical (unpaired) electrons. The van der Waals surface area contributed by atoms with Crippen molar-refractivity contribution in [1.82, 2.24) is 0 Å². The molecule has 2 aromatic rings. The summed E-state index contributed by atoms with van der Waals surface area (Å²) in [5.74, 6) is 0.843. The van der Waals surface area contributed by atoms with Gasteiger partial charge in [0.15, 0.2) is 0 Å². The third-order valence-electron chi connectivity index (χ3n) is 3.49. The van der Waals surface area contributed by atoms with Gasteiger partial charge in [-0.25, -0.2) is 0 Å². The highest BCUT2D eigenvalue weighted by atomic mass is 16.5. The highest BCUT2D eigenvalue weighted by molar-refractivity contribution is 5.82. The van der Waals surface area contributed by atoms with Gasteiger partial charge in [0.2, 0.25) is 0 Å². The molecule has 0 heterocycles. The molecule has 0 atom stereocenters. The van der Waals surface area contributed by atoms with Crippen LogP contribution in [0.1, 0.15) is 37.5 Å². The second kappa shape index (κ2) is 6.57. The molecule has 0 bridgehead atoms. The maximum Gasteiger partial charge on any atom is 0.131 e. The van der Waals surface area contributed by atoms with Gasteiger partial charge in [-0.15, -0.1) is 0 Å². The van der Waals surface area contributed by atoms with Crippen molar-refractivity contribution in [2.24, 2.45) is 0 Å². The van der Waals surface area contributed by atoms with E-state index in [2.05, 4.69) is 39.0 Å². The lowest BCUT2D eigenvalue weighted by atomic mass is 9.85. The normalized spacial score (nSPS) is 11.2. The summed E-state index contributed by atoms with van der Waals surface area (Å²) in [5, 5.41) is 7.58. The first-order valence-electron chi connectivity index (χ1n) is 7.33. The maximum absolute atomic E-state index is 7.58. The standard InChI is InChI=1S/C19H23NO/c1-19(2,3)17-11-7-10-16(14-20)18(17)21-13-12-15-8-5-4-6-9-15/h4-11,14,20H,12-13H2,1-3H3. The van der Waals surface area contributed by atoms with Gasteiger partial charge in [-0.2, -0.15) is 0 Å². The van der Waals surface area contributed by atoms with Crippen LogP contribution in [-0.2, 0) is 11.8 Å². The molecule has 0 saturated carbocycles. The average molecular weight is 281 g/mol. The van der Waals surface area contributed by atoms with Gasteiger partial charge >= 0.3 is 0 Å². The highest BCUT2D eigenvalue weighted by Gasteiger charge is 2.20. The summed E-state index contributed by atoms with van der Waals surface area (Å²) in [6.07, 6.45) is 2.24. The maximum atomic E-state index is 7.58. The number of ether oxygens (including phenoxy) is 1. The molecule has 0 aliphatic rings. The fraction of sp³-hybridized carbons (Fsp3) is 0.316. The van der Waals surface area contributed by atoms with E-state index in [1.807, 2.05) is 30.3 Å². The summed E-state index contributed by atoms with van der Waals surface area (Å²) >= 11 is 0. The topological polar surface area (TPSA) is 33.1 Å². The molecule has 0 fully saturated rings. The van der Waals surface area contributed by atoms with Crippen LogP contribution >= 0.6 is 0 Å². The van der Waals surface area contributed by atoms with Crippen LogP contribution in [-0.4, -0.2) is 12.8 Å². The summed E-state index contributed by atoms with van der Waals surface area (Å²) in [7, 11) is 0. The van der Waals surface area contributed by atoms with Crippen molar-refractivity contribution in [1.29, 1.82) is 5.41 Å². The molecule has 0 aliphatic heterocycles. The Morgan fingerprint density at radius 1 is 1.00 bits per heavy atom. The molecule has 0 unspecified atom stereocenters. The summed E-state index contributed by atoms with van der Waals surface area (Å²) in [6.45, 7) is 7.12. The first kappa shape index (κ1) is 15.3. The zero-order chi connectivity index (χ0) is 15.3. The van der Waals surface area contributed by atoms with Crippen molar-refractivity contribution < 1.29 is 4.74 Å². The number of hydrogen-bond acceptors (Lipinski definition) is 2. The van der Waals surface area contributed by atoms with E-state index in [9.17, 15) is 0 Å². The predicted octanol–water partition coefficient (Wildman–Crippen LogP) is 4.60. The molecule has 0 aliphatic carbocycles. The van der Waals surface area contributed by atoms with E-state index in [0.29, 0.717) is 6.61 Å². The molecule has 2 rings (SSSR count). The molecule has 2 aromatic carbocycles. The van der Waals surface area contributed by atoms with Crippen molar-refractivity contribution in [2.75, 3.05) is 6.61 Å². The van der Waals surface area contributed by atoms with Crippen LogP contribution in [0.3, 0.4) is 0 Å². The van der Waals surface area contributed by atoms with Crippen molar-refractivity contribution in [2.45, 2.75) is 32.6 Å². The van der Waals surface area contributed by atoms with Crippen LogP contribution < -0.4 is 4.74 Å². The number of para-hydroxylation sites is 1. The Bertz CT molecular complexity index is 597. The SMILES string of the molecule is CC(C)(C)c1cccc(C=N)c1OCCc1ccccc1. The Kier molecular flexibility index (Phi) is 4.79. The summed E-state index contributed by atoms with van der Waals surface area (Å²) in [4.78, 5) is 0. The molecule has 2 heteroatoms. The summed E-state index contributed by atoms with van der Waals surface area (Å²) < 4.78 is 6.04. The van der Waals surface area contributed by atoms with Gasteiger partial charge in [0, 0.05) is 23.8 Å². The molecule has 21 heavy (non-hydrogen) atoms. The van der Waals surface area contributed by atoms with Gasteiger partial charge in [0.1, 0.15) is 5.75 Å². The zero-order valence-corrected chi connectivity index (χ0v) is 13.0. The predicted molar refractivity (Wildman–Crippen MR) is 88.7 cm³/mol. The van der Waals surface area contributed by atoms with Crippen LogP contribution in [0.15, 0.2) is 48.5 Å². The van der Waals surface area contributed by atoms with Gasteiger partial charge in [0.25, 0.3) is 0 Å². The van der Waals surface area contributed by atoms with Gasteiger partial charge in [-0.3, -0.25) is 0 Å². The third-order valence-corrected chi connectivity index (χ3v) is 3.49. The Morgan fingerprint density at radius 3 is 2.33 bits per heavy atom. The van der Waals surface area contributed by atoms with E-state index in [1.54, 1.807) is 0 Å². The van der Waals surface area contributed by atoms with Crippen LogP contribution in [0.5, 0.6) is 5.75 Å². The molecule has 0 saturated heterocycles. The fourth-order valence-corrected chi connectivity index (χ4v) is 2.34. The summed E-state index contributed by atoms with van der Waals surface area (Å²) in [5.41, 5.74) is 3.26. The van der Waals surface area contributed by atoms with Gasteiger partial charge < -0.3 is 10.1 Å². The first-order chi connectivity index (χ1) is 10.0. The molecular weight excluding hydrogens is 258 g/mol. The molecule has 0 spiro atoms. The molecule has 1 N–H and O–H groups in total. The second-order valence-electron chi connectivity index (χ2n) is 6.20. The van der Waals surface area contributed by atoms with Gasteiger partial charge in [-0.05, 0) is 17.0 Å². The van der Waals surface area contributed by atoms with Crippen LogP contribution in [0, 0.1) is 5.41 Å². The van der Waals surface area contributed by atoms with Crippen molar-refractivity contribution in [3.05, 3.63) is 65.2 Å². The van der Waals surface area contributed by atoms with Crippen molar-refractivity contribution in [3.63, 3.8) is 0 Å². The lowest BCUT2D eigenvalue weighted by Crippen LogP contribution is -2.15. The fourth-order valence-electron chi connectivity index (χ4n) is 2.34. The van der Waals surface area contributed by atoms with E-state index >= 15 is 0 Å². The molecule has 0 amide bonds. The highest BCUT2D eigenvalue weighted by Crippen LogP contribution is 2.33. The lowest BCUT2D eigenvalue weighted by molar-refractivity contribution is 0.312. The van der Waals surface area contributed by atoms with Gasteiger partial charge in [0.05, 0.1) is 6.61 Å². The van der Waals surface area contributed by atoms with E-state index in [-0.39, 0.29) is 5.41 Å². The van der Waals surface area contributed by atoms with E-state index < -0.39 is 0 Å². The number of hydrogen-bond donors (Lipinski definition) is 1. The number of benzene rings is 2. The van der Waals surface area contributed by atoms with E-state index in [0.717, 1.165) is 23.3 Å². The van der Waals surface area contributed by atoms with E-state index in [4.69, 9.17) is 10.1 Å². The van der Waals surface area contributed by atoms with Crippen LogP contribution in [0.25, 0.3) is 0 Å². The summed E-state index contributed by atoms with van der Waals surface area (Å²) in [6, 6.07) is 16.3. The Morgan fingerprint density at radius 2 is 1.71 bits per heavy atom. The number of rotatable bonds is 5. The second-order valence-corrected chi connectivity index (χ2v) is 6.20. The van der Waals surface area contributed by atoms with E-state index in [1.165, 1.54) is 11.8 Å². The minimum Gasteiger partial charge on any atom is -0.492 e. The first-order valence-corrected chi connectivity index (χ1v) is 7.33. The minimum atomic E-state index is 0.00109. The van der Waals surface area contributed by atoms with Crippen molar-refractivity contribution in [3.8, 4) is 5.75 Å². The van der Waals surface area contributed by atoms with Crippen LogP contribution in [0.2, 0.25) is 0 Å². The van der Waals surface area contributed by atoms with Gasteiger partial charge in [-0.1, -0.05) is 63.2 Å². The monoisotopic (exact) mass is 281 g/mol. The molecule has 110 valence electrons. The van der Waals surface area contributed by atoms with Crippen LogP contribution in [0.4, 0.5) is 0 Å². The zero-order valence-electron chi connectivity index (χ0n) is 13.0. The Balaban J connectivity index is 2.16.